The molecule has 84 valence electrons. The summed E-state index contributed by atoms with van der Waals surface area (Å²) in [7, 11) is 0. The Morgan fingerprint density at radius 3 is 1.71 bits per heavy atom. The molecule has 0 saturated heterocycles. The predicted molar refractivity (Wildman–Crippen MR) is 70.7 cm³/mol. The Morgan fingerprint density at radius 1 is 0.765 bits per heavy atom. The summed E-state index contributed by atoms with van der Waals surface area (Å²) in [5.74, 6) is 0.0809. The van der Waals surface area contributed by atoms with Crippen LogP contribution >= 0.6 is 0 Å². The molecule has 0 radical (unpaired) electrons. The zero-order chi connectivity index (χ0) is 11.7. The zero-order valence-electron chi connectivity index (χ0n) is 9.51. The number of aliphatic hydroxyl groups excluding tert-OH is 1. The minimum atomic E-state index is 0.0809. The first-order chi connectivity index (χ1) is 8.40. The first-order valence-corrected chi connectivity index (χ1v) is 5.87. The predicted octanol–water partition coefficient (Wildman–Crippen LogP) is 3.29. The van der Waals surface area contributed by atoms with Gasteiger partial charge in [-0.05, 0) is 22.3 Å². The summed E-state index contributed by atoms with van der Waals surface area (Å²) in [5.41, 5.74) is 4.80. The molecule has 0 fully saturated rings. The van der Waals surface area contributed by atoms with Gasteiger partial charge in [-0.15, -0.1) is 0 Å². The molecule has 1 N–H and O–H groups in total. The monoisotopic (exact) mass is 222 g/mol. The maximum absolute atomic E-state index is 9.68. The lowest BCUT2D eigenvalue weighted by molar-refractivity contribution is 0.280. The summed E-state index contributed by atoms with van der Waals surface area (Å²) < 4.78 is 0. The summed E-state index contributed by atoms with van der Waals surface area (Å²) in [6.45, 7) is 0.149. The molecule has 0 aromatic heterocycles. The van der Waals surface area contributed by atoms with Crippen LogP contribution in [0, 0.1) is 0 Å². The van der Waals surface area contributed by atoms with Gasteiger partial charge in [-0.25, -0.2) is 0 Å². The van der Waals surface area contributed by atoms with Gasteiger partial charge in [0, 0.05) is 5.92 Å². The molecule has 2 aromatic rings. The molecule has 0 amide bonds. The molecule has 1 heteroatoms. The van der Waals surface area contributed by atoms with Gasteiger partial charge < -0.3 is 5.11 Å². The minimum absolute atomic E-state index is 0.0809. The van der Waals surface area contributed by atoms with Crippen molar-refractivity contribution in [3.63, 3.8) is 0 Å². The van der Waals surface area contributed by atoms with Crippen molar-refractivity contribution in [1.82, 2.24) is 0 Å². The van der Waals surface area contributed by atoms with E-state index in [2.05, 4.69) is 36.4 Å². The Morgan fingerprint density at radius 2 is 1.24 bits per heavy atom. The van der Waals surface area contributed by atoms with Gasteiger partial charge in [0.05, 0.1) is 6.61 Å². The maximum Gasteiger partial charge on any atom is 0.0540 e. The second kappa shape index (κ2) is 4.19. The van der Waals surface area contributed by atoms with E-state index in [0.29, 0.717) is 0 Å². The lowest BCUT2D eigenvalue weighted by Crippen LogP contribution is -2.07. The Labute approximate surface area is 101 Å². The van der Waals surface area contributed by atoms with E-state index in [1.165, 1.54) is 22.3 Å². The summed E-state index contributed by atoms with van der Waals surface area (Å²) in [6, 6.07) is 16.5. The van der Waals surface area contributed by atoms with Crippen LogP contribution in [-0.4, -0.2) is 11.7 Å². The topological polar surface area (TPSA) is 20.2 Å². The molecule has 0 aliphatic heterocycles. The van der Waals surface area contributed by atoms with E-state index in [4.69, 9.17) is 0 Å². The fraction of sp³-hybridized carbons (Fsp3) is 0.125. The lowest BCUT2D eigenvalue weighted by Gasteiger charge is -2.17. The molecule has 1 aliphatic carbocycles. The molecular weight excluding hydrogens is 208 g/mol. The van der Waals surface area contributed by atoms with Crippen molar-refractivity contribution in [3.8, 4) is 0 Å². The third kappa shape index (κ3) is 1.69. The minimum Gasteiger partial charge on any atom is -0.395 e. The summed E-state index contributed by atoms with van der Waals surface area (Å²) in [4.78, 5) is 0. The van der Waals surface area contributed by atoms with Crippen molar-refractivity contribution < 1.29 is 5.11 Å². The highest BCUT2D eigenvalue weighted by Crippen LogP contribution is 2.33. The molecule has 2 aromatic carbocycles. The highest BCUT2D eigenvalue weighted by molar-refractivity contribution is 5.76. The van der Waals surface area contributed by atoms with E-state index >= 15 is 0 Å². The molecular formula is C16H14O. The number of fused-ring (bicyclic) bond motifs is 2. The molecule has 0 bridgehead atoms. The Hall–Kier alpha value is -1.86. The van der Waals surface area contributed by atoms with Crippen LogP contribution < -0.4 is 0 Å². The van der Waals surface area contributed by atoms with E-state index < -0.39 is 0 Å². The van der Waals surface area contributed by atoms with Gasteiger partial charge in [0.25, 0.3) is 0 Å². The van der Waals surface area contributed by atoms with Crippen LogP contribution in [0.1, 0.15) is 28.2 Å². The Kier molecular flexibility index (Phi) is 2.54. The van der Waals surface area contributed by atoms with Crippen molar-refractivity contribution in [1.29, 1.82) is 0 Å². The van der Waals surface area contributed by atoms with E-state index in [0.717, 1.165) is 0 Å². The van der Waals surface area contributed by atoms with Crippen molar-refractivity contribution >= 4 is 12.2 Å². The fourth-order valence-electron chi connectivity index (χ4n) is 2.50. The molecule has 17 heavy (non-hydrogen) atoms. The quantitative estimate of drug-likeness (QED) is 0.785. The van der Waals surface area contributed by atoms with Crippen LogP contribution in [0.4, 0.5) is 0 Å². The van der Waals surface area contributed by atoms with Gasteiger partial charge in [0.2, 0.25) is 0 Å². The van der Waals surface area contributed by atoms with Crippen LogP contribution in [0.25, 0.3) is 12.2 Å². The zero-order valence-corrected chi connectivity index (χ0v) is 9.51. The second-order valence-corrected chi connectivity index (χ2v) is 4.33. The van der Waals surface area contributed by atoms with Gasteiger partial charge in [0.1, 0.15) is 0 Å². The van der Waals surface area contributed by atoms with Crippen molar-refractivity contribution in [3.05, 3.63) is 70.8 Å². The molecule has 0 unspecified atom stereocenters. The van der Waals surface area contributed by atoms with E-state index in [1.54, 1.807) is 0 Å². The fourth-order valence-corrected chi connectivity index (χ4v) is 2.50. The average molecular weight is 222 g/mol. The number of hydrogen-bond acceptors (Lipinski definition) is 1. The highest BCUT2D eigenvalue weighted by atomic mass is 16.3. The smallest absolute Gasteiger partial charge is 0.0540 e. The van der Waals surface area contributed by atoms with Gasteiger partial charge >= 0.3 is 0 Å². The van der Waals surface area contributed by atoms with Crippen LogP contribution in [0.15, 0.2) is 48.5 Å². The van der Waals surface area contributed by atoms with Crippen LogP contribution in [0.2, 0.25) is 0 Å². The average Bonchev–Trinajstić information content (AvgIpc) is 2.55. The largest absolute Gasteiger partial charge is 0.395 e. The first kappa shape index (κ1) is 10.3. The van der Waals surface area contributed by atoms with Crippen molar-refractivity contribution in [2.45, 2.75) is 5.92 Å². The number of rotatable bonds is 1. The standard InChI is InChI=1S/C16H14O/c17-11-16-14-7-3-1-5-12(14)9-10-13-6-2-4-8-15(13)16/h1-10,16-17H,11H2. The normalized spacial score (nSPS) is 13.9. The third-order valence-electron chi connectivity index (χ3n) is 3.37. The second-order valence-electron chi connectivity index (χ2n) is 4.33. The van der Waals surface area contributed by atoms with Gasteiger partial charge in [-0.3, -0.25) is 0 Å². The van der Waals surface area contributed by atoms with E-state index in [9.17, 15) is 5.11 Å². The summed E-state index contributed by atoms with van der Waals surface area (Å²) in [6.07, 6.45) is 4.26. The number of aliphatic hydroxyl groups is 1. The van der Waals surface area contributed by atoms with E-state index in [-0.39, 0.29) is 12.5 Å². The van der Waals surface area contributed by atoms with Gasteiger partial charge in [-0.1, -0.05) is 60.7 Å². The molecule has 0 spiro atoms. The summed E-state index contributed by atoms with van der Waals surface area (Å²) >= 11 is 0. The van der Waals surface area contributed by atoms with Crippen molar-refractivity contribution in [2.24, 2.45) is 0 Å². The summed E-state index contributed by atoms with van der Waals surface area (Å²) in [5, 5.41) is 9.68. The van der Waals surface area contributed by atoms with Gasteiger partial charge in [-0.2, -0.15) is 0 Å². The molecule has 1 aliphatic rings. The number of benzene rings is 2. The van der Waals surface area contributed by atoms with Gasteiger partial charge in [0.15, 0.2) is 0 Å². The molecule has 0 heterocycles. The van der Waals surface area contributed by atoms with E-state index in [1.807, 2.05) is 24.3 Å². The third-order valence-corrected chi connectivity index (χ3v) is 3.37. The molecule has 0 saturated carbocycles. The Bertz CT molecular complexity index is 520. The highest BCUT2D eigenvalue weighted by Gasteiger charge is 2.19. The van der Waals surface area contributed by atoms with Crippen LogP contribution in [0.3, 0.4) is 0 Å². The molecule has 3 rings (SSSR count). The number of hydrogen-bond donors (Lipinski definition) is 1. The van der Waals surface area contributed by atoms with Crippen molar-refractivity contribution in [2.75, 3.05) is 6.61 Å². The Balaban J connectivity index is 2.25. The van der Waals surface area contributed by atoms with Crippen LogP contribution in [-0.2, 0) is 0 Å². The molecule has 0 atom stereocenters. The lowest BCUT2D eigenvalue weighted by atomic mass is 9.88. The molecule has 1 nitrogen and oxygen atoms in total. The maximum atomic E-state index is 9.68. The first-order valence-electron chi connectivity index (χ1n) is 5.87. The van der Waals surface area contributed by atoms with Crippen LogP contribution in [0.5, 0.6) is 0 Å². The SMILES string of the molecule is OCC1c2ccccc2C=Cc2ccccc21.